The average molecular weight is 249 g/mol. The van der Waals surface area contributed by atoms with Gasteiger partial charge in [-0.05, 0) is 19.4 Å². The molecule has 0 aliphatic rings. The van der Waals surface area contributed by atoms with Gasteiger partial charge in [-0.2, -0.15) is 0 Å². The molecule has 76 valence electrons. The lowest BCUT2D eigenvalue weighted by molar-refractivity contribution is 0.0983. The normalized spacial score (nSPS) is 10.2. The number of halogens is 2. The van der Waals surface area contributed by atoms with Crippen LogP contribution in [0.25, 0.3) is 0 Å². The minimum atomic E-state index is 0.0288. The highest BCUT2D eigenvalue weighted by Crippen LogP contribution is 2.32. The van der Waals surface area contributed by atoms with Gasteiger partial charge in [0.2, 0.25) is 0 Å². The molecule has 0 saturated carbocycles. The molecular weight excluding hydrogens is 239 g/mol. The molecule has 1 aromatic rings. The van der Waals surface area contributed by atoms with Gasteiger partial charge in [-0.1, -0.05) is 28.8 Å². The minimum Gasteiger partial charge on any atom is -0.294 e. The molecule has 0 unspecified atom stereocenters. The van der Waals surface area contributed by atoms with Gasteiger partial charge in [-0.3, -0.25) is 4.79 Å². The number of carbonyl (C=O) groups is 1. The molecular formula is C10H10Cl2OS. The van der Waals surface area contributed by atoms with E-state index in [2.05, 4.69) is 6.58 Å². The summed E-state index contributed by atoms with van der Waals surface area (Å²) < 4.78 is 1.02. The zero-order valence-electron chi connectivity index (χ0n) is 7.77. The Morgan fingerprint density at radius 3 is 2.57 bits per heavy atom. The quantitative estimate of drug-likeness (QED) is 0.563. The summed E-state index contributed by atoms with van der Waals surface area (Å²) in [5.74, 6) is 0.0288. The largest absolute Gasteiger partial charge is 0.294 e. The Balaban J connectivity index is 2.69. The molecule has 1 heterocycles. The molecule has 0 radical (unpaired) electrons. The smallest absolute Gasteiger partial charge is 0.165 e. The number of ketones is 1. The van der Waals surface area contributed by atoms with Crippen LogP contribution in [0.15, 0.2) is 18.2 Å². The highest BCUT2D eigenvalue weighted by molar-refractivity contribution is 7.20. The number of Topliss-reactive ketones (excluding diaryl/α,β-unsaturated/α-hetero) is 1. The first-order chi connectivity index (χ1) is 6.50. The highest BCUT2D eigenvalue weighted by Gasteiger charge is 2.13. The molecule has 0 saturated heterocycles. The van der Waals surface area contributed by atoms with Gasteiger partial charge in [-0.15, -0.1) is 17.9 Å². The van der Waals surface area contributed by atoms with Gasteiger partial charge in [0.05, 0.1) is 4.34 Å². The van der Waals surface area contributed by atoms with Crippen LogP contribution in [0.3, 0.4) is 0 Å². The summed E-state index contributed by atoms with van der Waals surface area (Å²) in [7, 11) is 0. The Bertz CT molecular complexity index is 368. The van der Waals surface area contributed by atoms with Crippen molar-refractivity contribution >= 4 is 40.3 Å². The van der Waals surface area contributed by atoms with Crippen molar-refractivity contribution in [2.75, 3.05) is 0 Å². The van der Waals surface area contributed by atoms with Crippen molar-refractivity contribution in [1.29, 1.82) is 0 Å². The number of hydrogen-bond acceptors (Lipinski definition) is 2. The van der Waals surface area contributed by atoms with E-state index in [1.807, 2.05) is 6.92 Å². The van der Waals surface area contributed by atoms with Crippen LogP contribution in [0.4, 0.5) is 0 Å². The van der Waals surface area contributed by atoms with Crippen LogP contribution < -0.4 is 0 Å². The first kappa shape index (κ1) is 11.8. The Morgan fingerprint density at radius 1 is 1.50 bits per heavy atom. The van der Waals surface area contributed by atoms with Crippen molar-refractivity contribution in [2.45, 2.75) is 19.8 Å². The van der Waals surface area contributed by atoms with E-state index in [0.717, 1.165) is 5.57 Å². The van der Waals surface area contributed by atoms with Crippen molar-refractivity contribution < 1.29 is 4.79 Å². The van der Waals surface area contributed by atoms with E-state index in [0.29, 0.717) is 27.1 Å². The fraction of sp³-hybridized carbons (Fsp3) is 0.300. The predicted octanol–water partition coefficient (Wildman–Crippen LogP) is 4.59. The zero-order chi connectivity index (χ0) is 10.7. The minimum absolute atomic E-state index is 0.0288. The van der Waals surface area contributed by atoms with Gasteiger partial charge in [0.25, 0.3) is 0 Å². The number of thiophene rings is 1. The lowest BCUT2D eigenvalue weighted by atomic mass is 10.1. The molecule has 1 nitrogen and oxygen atoms in total. The third-order valence-corrected chi connectivity index (χ3v) is 3.22. The molecule has 0 amide bonds. The third kappa shape index (κ3) is 3.12. The van der Waals surface area contributed by atoms with Crippen molar-refractivity contribution in [3.05, 3.63) is 32.5 Å². The lowest BCUT2D eigenvalue weighted by Gasteiger charge is -1.98. The van der Waals surface area contributed by atoms with Crippen molar-refractivity contribution in [3.63, 3.8) is 0 Å². The Hall–Kier alpha value is -0.310. The number of hydrogen-bond donors (Lipinski definition) is 0. The van der Waals surface area contributed by atoms with Gasteiger partial charge in [0.1, 0.15) is 4.34 Å². The monoisotopic (exact) mass is 248 g/mol. The summed E-state index contributed by atoms with van der Waals surface area (Å²) in [6.45, 7) is 5.64. The van der Waals surface area contributed by atoms with Gasteiger partial charge < -0.3 is 0 Å². The van der Waals surface area contributed by atoms with Crippen molar-refractivity contribution in [2.24, 2.45) is 0 Å². The molecule has 14 heavy (non-hydrogen) atoms. The average Bonchev–Trinajstić information content (AvgIpc) is 2.41. The van der Waals surface area contributed by atoms with E-state index in [9.17, 15) is 4.79 Å². The molecule has 0 N–H and O–H groups in total. The lowest BCUT2D eigenvalue weighted by Crippen LogP contribution is -1.97. The Labute approximate surface area is 97.3 Å². The Morgan fingerprint density at radius 2 is 2.14 bits per heavy atom. The number of rotatable bonds is 4. The summed E-state index contributed by atoms with van der Waals surface area (Å²) in [6.07, 6.45) is 1.14. The van der Waals surface area contributed by atoms with E-state index in [1.54, 1.807) is 6.07 Å². The third-order valence-electron chi connectivity index (χ3n) is 1.74. The highest BCUT2D eigenvalue weighted by atomic mass is 35.5. The molecule has 0 fully saturated rings. The molecule has 0 atom stereocenters. The molecule has 4 heteroatoms. The van der Waals surface area contributed by atoms with Crippen molar-refractivity contribution in [1.82, 2.24) is 0 Å². The first-order valence-electron chi connectivity index (χ1n) is 4.13. The van der Waals surface area contributed by atoms with Crippen LogP contribution in [-0.2, 0) is 0 Å². The van der Waals surface area contributed by atoms with Gasteiger partial charge in [0, 0.05) is 12.0 Å². The molecule has 1 aromatic heterocycles. The van der Waals surface area contributed by atoms with E-state index in [4.69, 9.17) is 23.2 Å². The van der Waals surface area contributed by atoms with E-state index in [-0.39, 0.29) is 5.78 Å². The zero-order valence-corrected chi connectivity index (χ0v) is 10.1. The van der Waals surface area contributed by atoms with Crippen LogP contribution in [0, 0.1) is 0 Å². The topological polar surface area (TPSA) is 17.1 Å². The molecule has 1 rings (SSSR count). The maximum Gasteiger partial charge on any atom is 0.165 e. The Kier molecular flexibility index (Phi) is 4.17. The summed E-state index contributed by atoms with van der Waals surface area (Å²) in [5, 5.41) is 0. The van der Waals surface area contributed by atoms with E-state index >= 15 is 0 Å². The summed E-state index contributed by atoms with van der Waals surface area (Å²) in [6, 6.07) is 1.62. The second kappa shape index (κ2) is 4.96. The predicted molar refractivity (Wildman–Crippen MR) is 62.7 cm³/mol. The molecule has 0 aliphatic heterocycles. The molecule has 0 spiro atoms. The SMILES string of the molecule is C=C(C)CCC(=O)c1cc(Cl)sc1Cl. The molecule has 0 aromatic carbocycles. The fourth-order valence-corrected chi connectivity index (χ4v) is 2.49. The second-order valence-corrected chi connectivity index (χ2v) is 5.40. The molecule has 0 aliphatic carbocycles. The summed E-state index contributed by atoms with van der Waals surface area (Å²) >= 11 is 12.8. The van der Waals surface area contributed by atoms with Crippen LogP contribution in [0.1, 0.15) is 30.1 Å². The number of carbonyl (C=O) groups excluding carboxylic acids is 1. The maximum atomic E-state index is 11.6. The van der Waals surface area contributed by atoms with E-state index < -0.39 is 0 Å². The van der Waals surface area contributed by atoms with Gasteiger partial charge in [0.15, 0.2) is 5.78 Å². The fourth-order valence-electron chi connectivity index (χ4n) is 0.992. The second-order valence-electron chi connectivity index (χ2n) is 3.12. The first-order valence-corrected chi connectivity index (χ1v) is 5.70. The van der Waals surface area contributed by atoms with Crippen LogP contribution >= 0.6 is 34.5 Å². The standard InChI is InChI=1S/C10H10Cl2OS/c1-6(2)3-4-8(13)7-5-9(11)14-10(7)12/h5H,1,3-4H2,2H3. The van der Waals surface area contributed by atoms with Gasteiger partial charge >= 0.3 is 0 Å². The van der Waals surface area contributed by atoms with Crippen molar-refractivity contribution in [3.8, 4) is 0 Å². The van der Waals surface area contributed by atoms with Gasteiger partial charge in [-0.25, -0.2) is 0 Å². The van der Waals surface area contributed by atoms with Crippen LogP contribution in [0.2, 0.25) is 8.67 Å². The van der Waals surface area contributed by atoms with Crippen LogP contribution in [-0.4, -0.2) is 5.78 Å². The summed E-state index contributed by atoms with van der Waals surface area (Å²) in [4.78, 5) is 11.6. The van der Waals surface area contributed by atoms with E-state index in [1.165, 1.54) is 11.3 Å². The number of allylic oxidation sites excluding steroid dienone is 1. The molecule has 0 bridgehead atoms. The summed E-state index contributed by atoms with van der Waals surface area (Å²) in [5.41, 5.74) is 1.53. The maximum absolute atomic E-state index is 11.6. The van der Waals surface area contributed by atoms with Crippen LogP contribution in [0.5, 0.6) is 0 Å².